The van der Waals surface area contributed by atoms with Gasteiger partial charge in [0.05, 0.1) is 5.69 Å². The topological polar surface area (TPSA) is 43.8 Å². The number of benzene rings is 1. The second-order valence-corrected chi connectivity index (χ2v) is 4.96. The average molecular weight is 294 g/mol. The van der Waals surface area contributed by atoms with Gasteiger partial charge in [-0.3, -0.25) is 4.68 Å². The van der Waals surface area contributed by atoms with Crippen molar-refractivity contribution in [2.24, 2.45) is 7.05 Å². The molecule has 0 radical (unpaired) electrons. The predicted octanol–water partition coefficient (Wildman–Crippen LogP) is 3.30. The summed E-state index contributed by atoms with van der Waals surface area (Å²) in [4.78, 5) is 0. The zero-order chi connectivity index (χ0) is 12.6. The summed E-state index contributed by atoms with van der Waals surface area (Å²) < 4.78 is 2.84. The highest BCUT2D eigenvalue weighted by Crippen LogP contribution is 2.32. The van der Waals surface area contributed by atoms with Gasteiger partial charge in [0.2, 0.25) is 0 Å². The molecule has 0 atom stereocenters. The van der Waals surface area contributed by atoms with Crippen molar-refractivity contribution in [2.75, 3.05) is 5.73 Å². The molecule has 0 aliphatic rings. The highest BCUT2D eigenvalue weighted by molar-refractivity contribution is 9.10. The maximum absolute atomic E-state index is 6.03. The molecule has 0 fully saturated rings. The fourth-order valence-corrected chi connectivity index (χ4v) is 2.38. The van der Waals surface area contributed by atoms with E-state index in [1.54, 1.807) is 4.68 Å². The van der Waals surface area contributed by atoms with Crippen LogP contribution in [-0.4, -0.2) is 9.78 Å². The first-order valence-electron chi connectivity index (χ1n) is 5.63. The molecule has 1 heterocycles. The van der Waals surface area contributed by atoms with Crippen molar-refractivity contribution in [1.29, 1.82) is 0 Å². The molecule has 17 heavy (non-hydrogen) atoms. The van der Waals surface area contributed by atoms with Crippen molar-refractivity contribution in [3.05, 3.63) is 33.8 Å². The van der Waals surface area contributed by atoms with E-state index < -0.39 is 0 Å². The normalized spacial score (nSPS) is 10.8. The van der Waals surface area contributed by atoms with Crippen LogP contribution in [0, 0.1) is 6.92 Å². The third kappa shape index (κ3) is 1.97. The molecule has 3 nitrogen and oxygen atoms in total. The number of hydrogen-bond donors (Lipinski definition) is 1. The third-order valence-electron chi connectivity index (χ3n) is 3.07. The molecule has 0 bridgehead atoms. The second kappa shape index (κ2) is 4.53. The molecule has 1 aromatic carbocycles. The molecule has 90 valence electrons. The van der Waals surface area contributed by atoms with Gasteiger partial charge in [0, 0.05) is 22.6 Å². The Morgan fingerprint density at radius 1 is 1.41 bits per heavy atom. The summed E-state index contributed by atoms with van der Waals surface area (Å²) in [5, 5.41) is 4.52. The minimum atomic E-state index is 0.752. The Hall–Kier alpha value is -1.29. The first kappa shape index (κ1) is 12.2. The van der Waals surface area contributed by atoms with Gasteiger partial charge >= 0.3 is 0 Å². The standard InChI is InChI=1S/C13H16BrN3/c1-4-9-12(16-17(3)13(9)15)10-6-5-7-11(14)8(10)2/h5-7H,4,15H2,1-3H3. The molecule has 2 N–H and O–H groups in total. The minimum absolute atomic E-state index is 0.752. The largest absolute Gasteiger partial charge is 0.384 e. The summed E-state index contributed by atoms with van der Waals surface area (Å²) in [6.45, 7) is 4.19. The molecule has 2 rings (SSSR count). The first-order valence-corrected chi connectivity index (χ1v) is 6.42. The van der Waals surface area contributed by atoms with Gasteiger partial charge in [-0.05, 0) is 25.0 Å². The number of halogens is 1. The number of nitrogens with two attached hydrogens (primary N) is 1. The second-order valence-electron chi connectivity index (χ2n) is 4.10. The molecular formula is C13H16BrN3. The van der Waals surface area contributed by atoms with E-state index in [-0.39, 0.29) is 0 Å². The molecule has 2 aromatic rings. The maximum Gasteiger partial charge on any atom is 0.125 e. The Kier molecular flexibility index (Phi) is 3.24. The number of hydrogen-bond acceptors (Lipinski definition) is 2. The van der Waals surface area contributed by atoms with Crippen molar-refractivity contribution >= 4 is 21.7 Å². The number of aromatic nitrogens is 2. The van der Waals surface area contributed by atoms with Crippen LogP contribution in [0.3, 0.4) is 0 Å². The van der Waals surface area contributed by atoms with Gasteiger partial charge in [0.15, 0.2) is 0 Å². The lowest BCUT2D eigenvalue weighted by Crippen LogP contribution is -1.98. The van der Waals surface area contributed by atoms with Crippen LogP contribution in [0.1, 0.15) is 18.1 Å². The van der Waals surface area contributed by atoms with Crippen molar-refractivity contribution in [2.45, 2.75) is 20.3 Å². The fraction of sp³-hybridized carbons (Fsp3) is 0.308. The van der Waals surface area contributed by atoms with Gasteiger partial charge in [-0.1, -0.05) is 35.0 Å². The van der Waals surface area contributed by atoms with Crippen molar-refractivity contribution < 1.29 is 0 Å². The number of anilines is 1. The van der Waals surface area contributed by atoms with Gasteiger partial charge in [0.1, 0.15) is 5.82 Å². The van der Waals surface area contributed by atoms with Gasteiger partial charge in [-0.25, -0.2) is 0 Å². The van der Waals surface area contributed by atoms with Crippen molar-refractivity contribution in [3.8, 4) is 11.3 Å². The summed E-state index contributed by atoms with van der Waals surface area (Å²) >= 11 is 3.55. The Balaban J connectivity index is 2.68. The maximum atomic E-state index is 6.03. The quantitative estimate of drug-likeness (QED) is 0.923. The Morgan fingerprint density at radius 2 is 2.12 bits per heavy atom. The van der Waals surface area contributed by atoms with E-state index in [9.17, 15) is 0 Å². The van der Waals surface area contributed by atoms with Gasteiger partial charge in [-0.15, -0.1) is 0 Å². The smallest absolute Gasteiger partial charge is 0.125 e. The molecule has 4 heteroatoms. The lowest BCUT2D eigenvalue weighted by atomic mass is 10.0. The van der Waals surface area contributed by atoms with Crippen LogP contribution in [0.15, 0.2) is 22.7 Å². The predicted molar refractivity (Wildman–Crippen MR) is 74.9 cm³/mol. The van der Waals surface area contributed by atoms with Crippen LogP contribution < -0.4 is 5.73 Å². The molecule has 0 unspecified atom stereocenters. The molecule has 0 aliphatic carbocycles. The summed E-state index contributed by atoms with van der Waals surface area (Å²) in [6, 6.07) is 6.15. The van der Waals surface area contributed by atoms with Crippen LogP contribution in [-0.2, 0) is 13.5 Å². The van der Waals surface area contributed by atoms with Gasteiger partial charge in [0.25, 0.3) is 0 Å². The minimum Gasteiger partial charge on any atom is -0.384 e. The fourth-order valence-electron chi connectivity index (χ4n) is 2.01. The molecule has 0 aliphatic heterocycles. The van der Waals surface area contributed by atoms with Gasteiger partial charge in [-0.2, -0.15) is 5.10 Å². The molecule has 0 saturated carbocycles. The van der Waals surface area contributed by atoms with E-state index in [1.807, 2.05) is 19.2 Å². The molecule has 0 amide bonds. The molecule has 0 spiro atoms. The van der Waals surface area contributed by atoms with Gasteiger partial charge < -0.3 is 5.73 Å². The Bertz CT molecular complexity index is 558. The van der Waals surface area contributed by atoms with Crippen LogP contribution in [0.25, 0.3) is 11.3 Å². The summed E-state index contributed by atoms with van der Waals surface area (Å²) in [5.41, 5.74) is 10.5. The average Bonchev–Trinajstić information content (AvgIpc) is 2.59. The number of nitrogens with zero attached hydrogens (tertiary/aromatic N) is 2. The van der Waals surface area contributed by atoms with E-state index in [2.05, 4.69) is 40.9 Å². The van der Waals surface area contributed by atoms with E-state index >= 15 is 0 Å². The summed E-state index contributed by atoms with van der Waals surface area (Å²) in [5.74, 6) is 0.752. The Morgan fingerprint density at radius 3 is 2.76 bits per heavy atom. The van der Waals surface area contributed by atoms with Crippen LogP contribution >= 0.6 is 15.9 Å². The summed E-state index contributed by atoms with van der Waals surface area (Å²) in [6.07, 6.45) is 0.890. The van der Waals surface area contributed by atoms with E-state index in [4.69, 9.17) is 5.73 Å². The molecule has 0 saturated heterocycles. The first-order chi connectivity index (χ1) is 8.06. The van der Waals surface area contributed by atoms with Crippen LogP contribution in [0.5, 0.6) is 0 Å². The Labute approximate surface area is 110 Å². The highest BCUT2D eigenvalue weighted by Gasteiger charge is 2.16. The SMILES string of the molecule is CCc1c(-c2cccc(Br)c2C)nn(C)c1N. The monoisotopic (exact) mass is 293 g/mol. The molecule has 1 aromatic heterocycles. The van der Waals surface area contributed by atoms with Crippen LogP contribution in [0.2, 0.25) is 0 Å². The van der Waals surface area contributed by atoms with Crippen LogP contribution in [0.4, 0.5) is 5.82 Å². The lowest BCUT2D eigenvalue weighted by Gasteiger charge is -2.06. The van der Waals surface area contributed by atoms with E-state index in [1.165, 1.54) is 5.56 Å². The highest BCUT2D eigenvalue weighted by atomic mass is 79.9. The molecular weight excluding hydrogens is 278 g/mol. The third-order valence-corrected chi connectivity index (χ3v) is 3.93. The number of nitrogen functional groups attached to an aromatic ring is 1. The van der Waals surface area contributed by atoms with Crippen molar-refractivity contribution in [3.63, 3.8) is 0 Å². The van der Waals surface area contributed by atoms with E-state index in [0.29, 0.717) is 0 Å². The number of aryl methyl sites for hydroxylation is 1. The van der Waals surface area contributed by atoms with E-state index in [0.717, 1.165) is 33.5 Å². The summed E-state index contributed by atoms with van der Waals surface area (Å²) in [7, 11) is 1.88. The number of rotatable bonds is 2. The zero-order valence-corrected chi connectivity index (χ0v) is 11.9. The zero-order valence-electron chi connectivity index (χ0n) is 10.3. The van der Waals surface area contributed by atoms with Crippen molar-refractivity contribution in [1.82, 2.24) is 9.78 Å². The lowest BCUT2D eigenvalue weighted by molar-refractivity contribution is 0.781.